The molecule has 0 unspecified atom stereocenters. The number of hydrogen-bond acceptors (Lipinski definition) is 4. The van der Waals surface area contributed by atoms with E-state index < -0.39 is 26.2 Å². The van der Waals surface area contributed by atoms with E-state index in [-0.39, 0.29) is 29.2 Å². The molecule has 9 heteroatoms. The first-order valence-corrected chi connectivity index (χ1v) is 11.9. The molecule has 4 rings (SSSR count). The first-order chi connectivity index (χ1) is 14.7. The van der Waals surface area contributed by atoms with Crippen LogP contribution in [0.1, 0.15) is 42.9 Å². The van der Waals surface area contributed by atoms with E-state index in [9.17, 15) is 17.2 Å². The lowest BCUT2D eigenvalue weighted by molar-refractivity contribution is 0.282. The van der Waals surface area contributed by atoms with Crippen LogP contribution in [0.4, 0.5) is 8.78 Å². The molecule has 1 saturated carbocycles. The minimum absolute atomic E-state index is 0.0450. The standard InChI is InChI=1S/C22H22ClF2N3O2S/c1-14-26-21(28-27-14)12-15-8-10-22(11-9-15,19-13-17(24)4-7-20(19)25)31(29,30)18-5-2-16(23)3-6-18/h2-7,13,15H,8-12H2,1H3,(H,26,27,28). The molecule has 1 N–H and O–H groups in total. The summed E-state index contributed by atoms with van der Waals surface area (Å²) in [7, 11) is -4.03. The molecule has 1 fully saturated rings. The summed E-state index contributed by atoms with van der Waals surface area (Å²) in [6, 6.07) is 8.81. The molecule has 1 heterocycles. The van der Waals surface area contributed by atoms with Gasteiger partial charge in [0.25, 0.3) is 0 Å². The first kappa shape index (κ1) is 21.9. The van der Waals surface area contributed by atoms with Crippen molar-refractivity contribution in [2.24, 2.45) is 5.92 Å². The number of nitrogens with zero attached hydrogens (tertiary/aromatic N) is 2. The van der Waals surface area contributed by atoms with Crippen molar-refractivity contribution in [1.82, 2.24) is 15.2 Å². The average Bonchev–Trinajstić information content (AvgIpc) is 3.15. The van der Waals surface area contributed by atoms with Crippen LogP contribution in [0.2, 0.25) is 5.02 Å². The largest absolute Gasteiger partial charge is 0.263 e. The fourth-order valence-electron chi connectivity index (χ4n) is 4.46. The molecule has 0 atom stereocenters. The van der Waals surface area contributed by atoms with Crippen LogP contribution in [0.15, 0.2) is 47.4 Å². The van der Waals surface area contributed by atoms with Gasteiger partial charge >= 0.3 is 0 Å². The molecule has 0 saturated heterocycles. The number of aromatic amines is 1. The van der Waals surface area contributed by atoms with Crippen molar-refractivity contribution in [2.75, 3.05) is 0 Å². The highest BCUT2D eigenvalue weighted by atomic mass is 35.5. The number of aryl methyl sites for hydroxylation is 1. The molecular formula is C22H22ClF2N3O2S. The Balaban J connectivity index is 1.73. The summed E-state index contributed by atoms with van der Waals surface area (Å²) in [6.07, 6.45) is 2.00. The van der Waals surface area contributed by atoms with Crippen molar-refractivity contribution < 1.29 is 17.2 Å². The van der Waals surface area contributed by atoms with Gasteiger partial charge in [0.05, 0.1) is 4.90 Å². The third-order valence-corrected chi connectivity index (χ3v) is 8.89. The van der Waals surface area contributed by atoms with Gasteiger partial charge < -0.3 is 0 Å². The number of hydrogen-bond donors (Lipinski definition) is 1. The predicted octanol–water partition coefficient (Wildman–Crippen LogP) is 5.15. The summed E-state index contributed by atoms with van der Waals surface area (Å²) >= 11 is 5.92. The van der Waals surface area contributed by atoms with E-state index in [0.29, 0.717) is 35.9 Å². The minimum atomic E-state index is -4.03. The molecule has 31 heavy (non-hydrogen) atoms. The van der Waals surface area contributed by atoms with Gasteiger partial charge in [-0.3, -0.25) is 5.10 Å². The van der Waals surface area contributed by atoms with Gasteiger partial charge in [-0.2, -0.15) is 5.10 Å². The third kappa shape index (κ3) is 4.11. The number of benzene rings is 2. The molecule has 2 aromatic carbocycles. The quantitative estimate of drug-likeness (QED) is 0.565. The maximum Gasteiger partial charge on any atom is 0.188 e. The highest BCUT2D eigenvalue weighted by Crippen LogP contribution is 2.49. The van der Waals surface area contributed by atoms with Crippen LogP contribution in [-0.4, -0.2) is 23.6 Å². The van der Waals surface area contributed by atoms with Gasteiger partial charge in [-0.15, -0.1) is 0 Å². The molecule has 1 aromatic heterocycles. The van der Waals surface area contributed by atoms with Crippen LogP contribution in [-0.2, 0) is 21.0 Å². The van der Waals surface area contributed by atoms with Crippen LogP contribution in [0.5, 0.6) is 0 Å². The molecule has 0 amide bonds. The van der Waals surface area contributed by atoms with Crippen molar-refractivity contribution in [3.05, 3.63) is 76.3 Å². The van der Waals surface area contributed by atoms with Crippen LogP contribution in [0.3, 0.4) is 0 Å². The summed E-state index contributed by atoms with van der Waals surface area (Å²) in [4.78, 5) is 4.37. The van der Waals surface area contributed by atoms with Gasteiger partial charge in [0, 0.05) is 17.0 Å². The second-order valence-corrected chi connectivity index (χ2v) is 10.8. The summed E-state index contributed by atoms with van der Waals surface area (Å²) < 4.78 is 55.0. The van der Waals surface area contributed by atoms with Gasteiger partial charge in [0.1, 0.15) is 22.2 Å². The Labute approximate surface area is 184 Å². The Morgan fingerprint density at radius 2 is 1.81 bits per heavy atom. The molecule has 1 aliphatic carbocycles. The summed E-state index contributed by atoms with van der Waals surface area (Å²) in [5.74, 6) is 0.155. The highest BCUT2D eigenvalue weighted by molar-refractivity contribution is 7.92. The average molecular weight is 466 g/mol. The number of rotatable bonds is 5. The normalized spacial score (nSPS) is 21.9. The molecular weight excluding hydrogens is 444 g/mol. The zero-order valence-corrected chi connectivity index (χ0v) is 18.5. The highest BCUT2D eigenvalue weighted by Gasteiger charge is 2.50. The topological polar surface area (TPSA) is 75.7 Å². The van der Waals surface area contributed by atoms with Crippen LogP contribution in [0.25, 0.3) is 0 Å². The lowest BCUT2D eigenvalue weighted by Gasteiger charge is -2.40. The van der Waals surface area contributed by atoms with E-state index in [1.165, 1.54) is 24.3 Å². The number of aromatic nitrogens is 3. The zero-order valence-electron chi connectivity index (χ0n) is 16.9. The zero-order chi connectivity index (χ0) is 22.2. The van der Waals surface area contributed by atoms with Crippen molar-refractivity contribution >= 4 is 21.4 Å². The van der Waals surface area contributed by atoms with Gasteiger partial charge in [-0.05, 0) is 81.0 Å². The number of H-pyrrole nitrogens is 1. The molecule has 1 aliphatic rings. The maximum atomic E-state index is 14.9. The SMILES string of the molecule is Cc1nc(CC2CCC(c3cc(F)ccc3F)(S(=O)(=O)c3ccc(Cl)cc3)CC2)n[nH]1. The molecule has 3 aromatic rings. The number of halogens is 3. The molecule has 0 radical (unpaired) electrons. The lowest BCUT2D eigenvalue weighted by Crippen LogP contribution is -2.41. The fraction of sp³-hybridized carbons (Fsp3) is 0.364. The minimum Gasteiger partial charge on any atom is -0.263 e. The van der Waals surface area contributed by atoms with Crippen molar-refractivity contribution in [3.8, 4) is 0 Å². The lowest BCUT2D eigenvalue weighted by atomic mass is 9.76. The van der Waals surface area contributed by atoms with Crippen LogP contribution < -0.4 is 0 Å². The monoisotopic (exact) mass is 465 g/mol. The summed E-state index contributed by atoms with van der Waals surface area (Å²) in [5.41, 5.74) is -0.116. The Kier molecular flexibility index (Phi) is 5.87. The van der Waals surface area contributed by atoms with E-state index in [1.54, 1.807) is 0 Å². The smallest absolute Gasteiger partial charge is 0.188 e. The second kappa shape index (κ2) is 8.31. The van der Waals surface area contributed by atoms with Crippen molar-refractivity contribution in [1.29, 1.82) is 0 Å². The van der Waals surface area contributed by atoms with Gasteiger partial charge in [-0.25, -0.2) is 22.2 Å². The molecule has 0 aliphatic heterocycles. The molecule has 0 bridgehead atoms. The van der Waals surface area contributed by atoms with E-state index in [1.807, 2.05) is 6.92 Å². The summed E-state index contributed by atoms with van der Waals surface area (Å²) in [6.45, 7) is 1.81. The second-order valence-electron chi connectivity index (χ2n) is 8.06. The first-order valence-electron chi connectivity index (χ1n) is 10.0. The fourth-order valence-corrected chi connectivity index (χ4v) is 6.75. The van der Waals surface area contributed by atoms with Gasteiger partial charge in [0.2, 0.25) is 0 Å². The van der Waals surface area contributed by atoms with Crippen LogP contribution >= 0.6 is 11.6 Å². The Hall–Kier alpha value is -2.32. The Morgan fingerprint density at radius 1 is 1.13 bits per heavy atom. The molecule has 164 valence electrons. The van der Waals surface area contributed by atoms with E-state index >= 15 is 0 Å². The maximum absolute atomic E-state index is 14.9. The Bertz CT molecular complexity index is 1190. The van der Waals surface area contributed by atoms with E-state index in [2.05, 4.69) is 15.2 Å². The van der Waals surface area contributed by atoms with Crippen molar-refractivity contribution in [2.45, 2.75) is 48.7 Å². The predicted molar refractivity (Wildman–Crippen MR) is 113 cm³/mol. The van der Waals surface area contributed by atoms with E-state index in [4.69, 9.17) is 11.6 Å². The number of nitrogens with one attached hydrogen (secondary N) is 1. The third-order valence-electron chi connectivity index (χ3n) is 6.09. The molecule has 0 spiro atoms. The Morgan fingerprint density at radius 3 is 2.42 bits per heavy atom. The van der Waals surface area contributed by atoms with Crippen LogP contribution in [0, 0.1) is 24.5 Å². The van der Waals surface area contributed by atoms with Crippen molar-refractivity contribution in [3.63, 3.8) is 0 Å². The van der Waals surface area contributed by atoms with Gasteiger partial charge in [0.15, 0.2) is 15.7 Å². The molecule has 5 nitrogen and oxygen atoms in total. The summed E-state index contributed by atoms with van der Waals surface area (Å²) in [5, 5.41) is 7.36. The van der Waals surface area contributed by atoms with E-state index in [0.717, 1.165) is 18.2 Å². The van der Waals surface area contributed by atoms with Gasteiger partial charge in [-0.1, -0.05) is 11.6 Å². The number of sulfone groups is 1.